The van der Waals surface area contributed by atoms with Crippen LogP contribution in [0, 0.1) is 20.8 Å². The summed E-state index contributed by atoms with van der Waals surface area (Å²) in [5.41, 5.74) is 3.83. The van der Waals surface area contributed by atoms with Crippen molar-refractivity contribution in [1.82, 2.24) is 14.6 Å². The molecule has 2 heterocycles. The average Bonchev–Trinajstić information content (AvgIpc) is 2.79. The Hall–Kier alpha value is -2.43. The van der Waals surface area contributed by atoms with E-state index in [1.807, 2.05) is 32.9 Å². The topological polar surface area (TPSA) is 108 Å². The lowest BCUT2D eigenvalue weighted by atomic mass is 10.1. The van der Waals surface area contributed by atoms with Crippen molar-refractivity contribution in [3.05, 3.63) is 47.2 Å². The molecule has 0 bridgehead atoms. The van der Waals surface area contributed by atoms with Crippen molar-refractivity contribution in [2.45, 2.75) is 50.0 Å². The van der Waals surface area contributed by atoms with Crippen LogP contribution >= 0.6 is 11.8 Å². The summed E-state index contributed by atoms with van der Waals surface area (Å²) in [6, 6.07) is 7.11. The van der Waals surface area contributed by atoms with Crippen molar-refractivity contribution < 1.29 is 18.0 Å². The van der Waals surface area contributed by atoms with E-state index in [1.54, 1.807) is 6.07 Å². The molecular weight excluding hydrogens is 460 g/mol. The Morgan fingerprint density at radius 2 is 1.70 bits per heavy atom. The first-order valence-corrected chi connectivity index (χ1v) is 13.3. The molecule has 10 heteroatoms. The quantitative estimate of drug-likeness (QED) is 0.551. The fourth-order valence-corrected chi connectivity index (χ4v) is 5.92. The molecule has 0 unspecified atom stereocenters. The van der Waals surface area contributed by atoms with Gasteiger partial charge in [-0.2, -0.15) is 4.31 Å². The van der Waals surface area contributed by atoms with Crippen molar-refractivity contribution in [1.29, 1.82) is 0 Å². The van der Waals surface area contributed by atoms with Gasteiger partial charge in [0.25, 0.3) is 0 Å². The molecule has 0 atom stereocenters. The smallest absolute Gasteiger partial charge is 0.244 e. The number of nitrogens with one attached hydrogen (secondary N) is 2. The molecule has 1 saturated heterocycles. The Balaban J connectivity index is 1.46. The number of piperidine rings is 1. The molecule has 0 saturated carbocycles. The first-order valence-electron chi connectivity index (χ1n) is 10.9. The number of hydrogen-bond acceptors (Lipinski definition) is 6. The van der Waals surface area contributed by atoms with Crippen LogP contribution in [0.4, 0.5) is 5.69 Å². The number of anilines is 1. The summed E-state index contributed by atoms with van der Waals surface area (Å²) >= 11 is 1.18. The Morgan fingerprint density at radius 3 is 2.30 bits per heavy atom. The van der Waals surface area contributed by atoms with Crippen LogP contribution in [0.2, 0.25) is 0 Å². The summed E-state index contributed by atoms with van der Waals surface area (Å²) in [5, 5.41) is 5.99. The number of pyridine rings is 1. The fourth-order valence-electron chi connectivity index (χ4n) is 3.79. The van der Waals surface area contributed by atoms with Gasteiger partial charge in [-0.3, -0.25) is 9.59 Å². The Bertz CT molecular complexity index is 1090. The normalized spacial score (nSPS) is 14.6. The first kappa shape index (κ1) is 25.2. The van der Waals surface area contributed by atoms with E-state index < -0.39 is 10.0 Å². The number of amides is 2. The highest BCUT2D eigenvalue weighted by Gasteiger charge is 2.26. The van der Waals surface area contributed by atoms with E-state index in [0.29, 0.717) is 18.1 Å². The van der Waals surface area contributed by atoms with Crippen LogP contribution in [0.15, 0.2) is 40.4 Å². The molecule has 8 nitrogen and oxygen atoms in total. The zero-order chi connectivity index (χ0) is 24.0. The Morgan fingerprint density at radius 1 is 1.03 bits per heavy atom. The third-order valence-corrected chi connectivity index (χ3v) is 8.23. The van der Waals surface area contributed by atoms with Crippen molar-refractivity contribution >= 4 is 39.3 Å². The van der Waals surface area contributed by atoms with Gasteiger partial charge >= 0.3 is 0 Å². The van der Waals surface area contributed by atoms with E-state index in [0.717, 1.165) is 41.6 Å². The zero-order valence-corrected chi connectivity index (χ0v) is 20.8. The van der Waals surface area contributed by atoms with Gasteiger partial charge in [0.1, 0.15) is 4.90 Å². The summed E-state index contributed by atoms with van der Waals surface area (Å²) < 4.78 is 26.9. The van der Waals surface area contributed by atoms with Crippen molar-refractivity contribution in [2.24, 2.45) is 0 Å². The van der Waals surface area contributed by atoms with Gasteiger partial charge < -0.3 is 10.6 Å². The molecule has 0 spiro atoms. The highest BCUT2D eigenvalue weighted by Crippen LogP contribution is 2.23. The van der Waals surface area contributed by atoms with Crippen LogP contribution in [0.5, 0.6) is 0 Å². The molecule has 1 aliphatic heterocycles. The molecule has 0 radical (unpaired) electrons. The predicted octanol–water partition coefficient (Wildman–Crippen LogP) is 3.03. The number of rotatable bonds is 8. The highest BCUT2D eigenvalue weighted by atomic mass is 32.2. The standard InChI is InChI=1S/C23H30N4O4S2/c1-16-11-17(2)23(18(3)12-16)26-20(28)14-24-21(29)15-32-22-8-7-19(13-25-22)33(30,31)27-9-5-4-6-10-27/h7-8,11-13H,4-6,9-10,14-15H2,1-3H3,(H,24,29)(H,26,28). The number of sulfonamides is 1. The number of carbonyl (C=O) groups excluding carboxylic acids is 2. The molecule has 1 fully saturated rings. The minimum atomic E-state index is -3.52. The third kappa shape index (κ3) is 6.78. The zero-order valence-electron chi connectivity index (χ0n) is 19.2. The molecule has 2 aromatic rings. The molecule has 2 N–H and O–H groups in total. The third-order valence-electron chi connectivity index (χ3n) is 5.40. The number of aryl methyl sites for hydroxylation is 3. The fraction of sp³-hybridized carbons (Fsp3) is 0.435. The van der Waals surface area contributed by atoms with Crippen LogP contribution in [-0.2, 0) is 19.6 Å². The second-order valence-electron chi connectivity index (χ2n) is 8.18. The van der Waals surface area contributed by atoms with Crippen LogP contribution in [0.1, 0.15) is 36.0 Å². The molecule has 2 amide bonds. The largest absolute Gasteiger partial charge is 0.346 e. The summed E-state index contributed by atoms with van der Waals surface area (Å²) in [4.78, 5) is 28.7. The van der Waals surface area contributed by atoms with Crippen LogP contribution < -0.4 is 10.6 Å². The maximum Gasteiger partial charge on any atom is 0.244 e. The van der Waals surface area contributed by atoms with E-state index in [1.165, 1.54) is 28.3 Å². The molecule has 178 valence electrons. The maximum atomic E-state index is 12.7. The summed E-state index contributed by atoms with van der Waals surface area (Å²) in [7, 11) is -3.52. The number of carbonyl (C=O) groups is 2. The molecular formula is C23H30N4O4S2. The lowest BCUT2D eigenvalue weighted by Crippen LogP contribution is -2.35. The van der Waals surface area contributed by atoms with E-state index in [-0.39, 0.29) is 29.0 Å². The van der Waals surface area contributed by atoms with Gasteiger partial charge in [0.05, 0.1) is 17.3 Å². The first-order chi connectivity index (χ1) is 15.7. The van der Waals surface area contributed by atoms with Gasteiger partial charge in [0.2, 0.25) is 21.8 Å². The second-order valence-corrected chi connectivity index (χ2v) is 11.1. The van der Waals surface area contributed by atoms with Crippen LogP contribution in [0.25, 0.3) is 0 Å². The van der Waals surface area contributed by atoms with Crippen LogP contribution in [0.3, 0.4) is 0 Å². The maximum absolute atomic E-state index is 12.7. The summed E-state index contributed by atoms with van der Waals surface area (Å²) in [6.07, 6.45) is 4.13. The SMILES string of the molecule is Cc1cc(C)c(NC(=O)CNC(=O)CSc2ccc(S(=O)(=O)N3CCCCC3)cn2)c(C)c1. The number of benzene rings is 1. The summed E-state index contributed by atoms with van der Waals surface area (Å²) in [6.45, 7) is 6.80. The van der Waals surface area contributed by atoms with Gasteiger partial charge in [-0.1, -0.05) is 35.9 Å². The summed E-state index contributed by atoms with van der Waals surface area (Å²) in [5.74, 6) is -0.533. The van der Waals surface area contributed by atoms with E-state index in [9.17, 15) is 18.0 Å². The molecule has 0 aliphatic carbocycles. The van der Waals surface area contributed by atoms with Gasteiger partial charge in [-0.05, 0) is 56.9 Å². The van der Waals surface area contributed by atoms with Gasteiger partial charge in [-0.15, -0.1) is 0 Å². The Labute approximate surface area is 199 Å². The molecule has 1 aromatic carbocycles. The van der Waals surface area contributed by atoms with E-state index >= 15 is 0 Å². The number of thioether (sulfide) groups is 1. The molecule has 33 heavy (non-hydrogen) atoms. The molecule has 3 rings (SSSR count). The molecule has 1 aromatic heterocycles. The number of nitrogens with zero attached hydrogens (tertiary/aromatic N) is 2. The lowest BCUT2D eigenvalue weighted by molar-refractivity contribution is -0.122. The highest BCUT2D eigenvalue weighted by molar-refractivity contribution is 7.99. The molecule has 1 aliphatic rings. The predicted molar refractivity (Wildman–Crippen MR) is 130 cm³/mol. The van der Waals surface area contributed by atoms with E-state index in [4.69, 9.17) is 0 Å². The lowest BCUT2D eigenvalue weighted by Gasteiger charge is -2.25. The van der Waals surface area contributed by atoms with E-state index in [2.05, 4.69) is 15.6 Å². The number of aromatic nitrogens is 1. The monoisotopic (exact) mass is 490 g/mol. The minimum absolute atomic E-state index is 0.0705. The van der Waals surface area contributed by atoms with Crippen molar-refractivity contribution in [3.8, 4) is 0 Å². The number of hydrogen-bond donors (Lipinski definition) is 2. The Kier molecular flexibility index (Phi) is 8.50. The minimum Gasteiger partial charge on any atom is -0.346 e. The second kappa shape index (κ2) is 11.1. The van der Waals surface area contributed by atoms with Crippen molar-refractivity contribution in [3.63, 3.8) is 0 Å². The van der Waals surface area contributed by atoms with Gasteiger partial charge in [0, 0.05) is 25.0 Å². The van der Waals surface area contributed by atoms with Crippen molar-refractivity contribution in [2.75, 3.05) is 30.7 Å². The van der Waals surface area contributed by atoms with Gasteiger partial charge in [0.15, 0.2) is 0 Å². The van der Waals surface area contributed by atoms with Gasteiger partial charge in [-0.25, -0.2) is 13.4 Å². The van der Waals surface area contributed by atoms with Crippen LogP contribution in [-0.4, -0.2) is 54.9 Å². The average molecular weight is 491 g/mol.